The van der Waals surface area contributed by atoms with E-state index in [1.165, 1.54) is 43.5 Å². The van der Waals surface area contributed by atoms with Gasteiger partial charge in [0.2, 0.25) is 5.91 Å². The van der Waals surface area contributed by atoms with E-state index >= 15 is 0 Å². The maximum absolute atomic E-state index is 13.8. The van der Waals surface area contributed by atoms with Crippen LogP contribution in [0.4, 0.5) is 8.78 Å². The molecule has 1 unspecified atom stereocenters. The molecule has 3 aromatic carbocycles. The van der Waals surface area contributed by atoms with Gasteiger partial charge < -0.3 is 14.8 Å². The van der Waals surface area contributed by atoms with Gasteiger partial charge in [0, 0.05) is 49.1 Å². The number of fused-ring (bicyclic) bond motifs is 1. The summed E-state index contributed by atoms with van der Waals surface area (Å²) in [5, 5.41) is 4.17. The van der Waals surface area contributed by atoms with Crippen LogP contribution >= 0.6 is 0 Å². The van der Waals surface area contributed by atoms with Crippen molar-refractivity contribution in [1.82, 2.24) is 14.8 Å². The molecule has 5 rings (SSSR count). The van der Waals surface area contributed by atoms with Crippen molar-refractivity contribution < 1.29 is 13.6 Å². The van der Waals surface area contributed by atoms with Gasteiger partial charge in [-0.05, 0) is 73.0 Å². The second kappa shape index (κ2) is 11.7. The number of aromatic nitrogens is 1. The minimum absolute atomic E-state index is 0.0123. The van der Waals surface area contributed by atoms with Crippen LogP contribution in [0.3, 0.4) is 0 Å². The summed E-state index contributed by atoms with van der Waals surface area (Å²) in [6.45, 7) is 4.27. The zero-order valence-corrected chi connectivity index (χ0v) is 21.0. The van der Waals surface area contributed by atoms with Gasteiger partial charge in [-0.1, -0.05) is 48.9 Å². The van der Waals surface area contributed by atoms with Gasteiger partial charge in [-0.15, -0.1) is 0 Å². The van der Waals surface area contributed by atoms with Crippen molar-refractivity contribution in [3.8, 4) is 0 Å². The summed E-state index contributed by atoms with van der Waals surface area (Å²) in [6, 6.07) is 21.1. The van der Waals surface area contributed by atoms with Gasteiger partial charge >= 0.3 is 0 Å². The van der Waals surface area contributed by atoms with Gasteiger partial charge in [0.1, 0.15) is 11.6 Å². The van der Waals surface area contributed by atoms with Crippen LogP contribution in [0.1, 0.15) is 48.3 Å². The van der Waals surface area contributed by atoms with Crippen molar-refractivity contribution in [2.45, 2.75) is 38.1 Å². The molecule has 0 aliphatic carbocycles. The number of piperidine rings is 1. The number of hydrogen-bond donors (Lipinski definition) is 1. The smallest absolute Gasteiger partial charge is 0.220 e. The molecule has 1 saturated heterocycles. The molecule has 37 heavy (non-hydrogen) atoms. The zero-order valence-electron chi connectivity index (χ0n) is 21.0. The third-order valence-electron chi connectivity index (χ3n) is 7.32. The van der Waals surface area contributed by atoms with Gasteiger partial charge in [-0.2, -0.15) is 0 Å². The number of hydrogen-bond acceptors (Lipinski definition) is 2. The molecule has 1 N–H and O–H groups in total. The molecule has 1 aliphatic rings. The van der Waals surface area contributed by atoms with Gasteiger partial charge in [-0.25, -0.2) is 8.78 Å². The van der Waals surface area contributed by atoms with Gasteiger partial charge in [0.05, 0.1) is 0 Å². The van der Waals surface area contributed by atoms with Crippen LogP contribution in [-0.4, -0.2) is 41.6 Å². The molecule has 4 nitrogen and oxygen atoms in total. The molecule has 1 amide bonds. The molecule has 0 saturated carbocycles. The first kappa shape index (κ1) is 25.2. The summed E-state index contributed by atoms with van der Waals surface area (Å²) in [4.78, 5) is 15.5. The van der Waals surface area contributed by atoms with E-state index in [-0.39, 0.29) is 29.9 Å². The molecular formula is C31H33F2N3O. The summed E-state index contributed by atoms with van der Waals surface area (Å²) >= 11 is 0. The van der Waals surface area contributed by atoms with Crippen LogP contribution in [0.5, 0.6) is 0 Å². The van der Waals surface area contributed by atoms with E-state index in [1.54, 1.807) is 24.3 Å². The lowest BCUT2D eigenvalue weighted by Crippen LogP contribution is -2.38. The minimum Gasteiger partial charge on any atom is -0.355 e. The lowest BCUT2D eigenvalue weighted by molar-refractivity contribution is -0.121. The second-order valence-corrected chi connectivity index (χ2v) is 9.92. The number of carbonyl (C=O) groups is 1. The van der Waals surface area contributed by atoms with Crippen LogP contribution in [0, 0.1) is 11.6 Å². The summed E-state index contributed by atoms with van der Waals surface area (Å²) in [7, 11) is 0. The Balaban J connectivity index is 1.41. The average Bonchev–Trinajstić information content (AvgIpc) is 3.28. The molecule has 6 heteroatoms. The van der Waals surface area contributed by atoms with Crippen LogP contribution in [-0.2, 0) is 11.3 Å². The van der Waals surface area contributed by atoms with Crippen molar-refractivity contribution in [2.24, 2.45) is 0 Å². The van der Waals surface area contributed by atoms with Crippen LogP contribution in [0.25, 0.3) is 10.9 Å². The predicted molar refractivity (Wildman–Crippen MR) is 144 cm³/mol. The van der Waals surface area contributed by atoms with Crippen molar-refractivity contribution >= 4 is 16.8 Å². The van der Waals surface area contributed by atoms with Crippen molar-refractivity contribution in [2.75, 3.05) is 26.2 Å². The molecule has 1 aliphatic heterocycles. The number of carbonyl (C=O) groups excluding carboxylic acids is 1. The molecule has 0 bridgehead atoms. The maximum atomic E-state index is 13.8. The van der Waals surface area contributed by atoms with Crippen molar-refractivity contribution in [3.63, 3.8) is 0 Å². The Morgan fingerprint density at radius 3 is 2.27 bits per heavy atom. The highest BCUT2D eigenvalue weighted by Crippen LogP contribution is 2.35. The fourth-order valence-corrected chi connectivity index (χ4v) is 5.37. The molecule has 192 valence electrons. The van der Waals surface area contributed by atoms with Gasteiger partial charge in [0.15, 0.2) is 0 Å². The number of para-hydroxylation sites is 1. The summed E-state index contributed by atoms with van der Waals surface area (Å²) in [6.07, 6.45) is 6.10. The highest BCUT2D eigenvalue weighted by Gasteiger charge is 2.23. The third-order valence-corrected chi connectivity index (χ3v) is 7.32. The Labute approximate surface area is 216 Å². The van der Waals surface area contributed by atoms with E-state index in [2.05, 4.69) is 33.1 Å². The highest BCUT2D eigenvalue weighted by molar-refractivity contribution is 5.86. The standard InChI is InChI=1S/C31H33F2N3O/c32-25-12-8-23(9-13-25)21-36-22-29(27-6-2-3-7-30(27)36)28(24-10-14-26(33)15-11-24)20-31(37)34-16-19-35-17-4-1-5-18-35/h2-3,6-15,22,28H,1,4-5,16-21H2,(H,34,37). The first-order valence-electron chi connectivity index (χ1n) is 13.1. The van der Waals surface area contributed by atoms with E-state index in [0.29, 0.717) is 13.1 Å². The minimum atomic E-state index is -0.299. The highest BCUT2D eigenvalue weighted by atomic mass is 19.1. The lowest BCUT2D eigenvalue weighted by Gasteiger charge is -2.26. The molecule has 0 radical (unpaired) electrons. The monoisotopic (exact) mass is 501 g/mol. The average molecular weight is 502 g/mol. The molecule has 1 aromatic heterocycles. The van der Waals surface area contributed by atoms with E-state index in [0.717, 1.165) is 47.2 Å². The third kappa shape index (κ3) is 6.25. The fraction of sp³-hybridized carbons (Fsp3) is 0.323. The zero-order chi connectivity index (χ0) is 25.6. The number of nitrogens with zero attached hydrogens (tertiary/aromatic N) is 2. The largest absolute Gasteiger partial charge is 0.355 e. The number of likely N-dealkylation sites (tertiary alicyclic amines) is 1. The summed E-state index contributed by atoms with van der Waals surface area (Å²) in [5.41, 5.74) is 3.95. The van der Waals surface area contributed by atoms with E-state index in [4.69, 9.17) is 0 Å². The van der Waals surface area contributed by atoms with E-state index in [9.17, 15) is 13.6 Å². The topological polar surface area (TPSA) is 37.3 Å². The fourth-order valence-electron chi connectivity index (χ4n) is 5.37. The molecule has 1 atom stereocenters. The number of amides is 1. The molecule has 1 fully saturated rings. The lowest BCUT2D eigenvalue weighted by atomic mass is 9.88. The Bertz CT molecular complexity index is 1330. The molecule has 4 aromatic rings. The summed E-state index contributed by atoms with van der Waals surface area (Å²) < 4.78 is 29.4. The van der Waals surface area contributed by atoms with Gasteiger partial charge in [0.25, 0.3) is 0 Å². The quantitative estimate of drug-likeness (QED) is 0.301. The Morgan fingerprint density at radius 1 is 0.865 bits per heavy atom. The first-order valence-corrected chi connectivity index (χ1v) is 13.1. The first-order chi connectivity index (χ1) is 18.1. The number of nitrogens with one attached hydrogen (secondary N) is 1. The van der Waals surface area contributed by atoms with E-state index < -0.39 is 0 Å². The van der Waals surface area contributed by atoms with Crippen molar-refractivity contribution in [3.05, 3.63) is 107 Å². The predicted octanol–water partition coefficient (Wildman–Crippen LogP) is 6.09. The number of halogens is 2. The maximum Gasteiger partial charge on any atom is 0.220 e. The van der Waals surface area contributed by atoms with Crippen LogP contribution in [0.15, 0.2) is 79.0 Å². The van der Waals surface area contributed by atoms with Gasteiger partial charge in [-0.3, -0.25) is 4.79 Å². The molecule has 0 spiro atoms. The Hall–Kier alpha value is -3.51. The molecule has 2 heterocycles. The normalized spacial score (nSPS) is 15.1. The Morgan fingerprint density at radius 2 is 1.54 bits per heavy atom. The number of benzene rings is 3. The number of rotatable bonds is 9. The Kier molecular flexibility index (Phi) is 7.95. The van der Waals surface area contributed by atoms with Crippen LogP contribution in [0.2, 0.25) is 0 Å². The SMILES string of the molecule is O=C(CC(c1ccc(F)cc1)c1cn(Cc2ccc(F)cc2)c2ccccc12)NCCN1CCCCC1. The summed E-state index contributed by atoms with van der Waals surface area (Å²) in [5.74, 6) is -0.798. The van der Waals surface area contributed by atoms with Crippen molar-refractivity contribution in [1.29, 1.82) is 0 Å². The molecular weight excluding hydrogens is 468 g/mol. The van der Waals surface area contributed by atoms with Crippen LogP contribution < -0.4 is 5.32 Å². The van der Waals surface area contributed by atoms with E-state index in [1.807, 2.05) is 12.1 Å². The second-order valence-electron chi connectivity index (χ2n) is 9.92.